The van der Waals surface area contributed by atoms with Crippen LogP contribution in [0.15, 0.2) is 18.6 Å². The van der Waals surface area contributed by atoms with Gasteiger partial charge in [0.15, 0.2) is 0 Å². The highest BCUT2D eigenvalue weighted by Gasteiger charge is 2.71. The minimum atomic E-state index is -2.50. The van der Waals surface area contributed by atoms with Gasteiger partial charge in [0.1, 0.15) is 5.82 Å². The van der Waals surface area contributed by atoms with Gasteiger partial charge in [-0.3, -0.25) is 9.58 Å². The van der Waals surface area contributed by atoms with Crippen molar-refractivity contribution in [2.45, 2.75) is 63.0 Å². The number of nitrogens with zero attached hydrogens (tertiary/aromatic N) is 7. The average molecular weight is 455 g/mol. The number of halogens is 2. The predicted molar refractivity (Wildman–Crippen MR) is 119 cm³/mol. The Kier molecular flexibility index (Phi) is 4.47. The second-order valence-corrected chi connectivity index (χ2v) is 10.3. The highest BCUT2D eigenvalue weighted by atomic mass is 19.3. The zero-order chi connectivity index (χ0) is 22.8. The summed E-state index contributed by atoms with van der Waals surface area (Å²) in [5.41, 5.74) is 0.753. The van der Waals surface area contributed by atoms with E-state index in [1.54, 1.807) is 12.4 Å². The van der Waals surface area contributed by atoms with Crippen LogP contribution in [0.2, 0.25) is 0 Å². The van der Waals surface area contributed by atoms with Crippen LogP contribution in [-0.2, 0) is 0 Å². The highest BCUT2D eigenvalue weighted by molar-refractivity contribution is 5.57. The highest BCUT2D eigenvalue weighted by Crippen LogP contribution is 2.66. The minimum Gasteiger partial charge on any atom is -0.352 e. The molecule has 0 aromatic carbocycles. The molecule has 174 valence electrons. The van der Waals surface area contributed by atoms with Crippen molar-refractivity contribution in [1.82, 2.24) is 24.6 Å². The van der Waals surface area contributed by atoms with Gasteiger partial charge in [-0.1, -0.05) is 0 Å². The lowest BCUT2D eigenvalue weighted by Crippen LogP contribution is -2.71. The molecule has 2 aliphatic heterocycles. The Morgan fingerprint density at radius 1 is 1.21 bits per heavy atom. The average Bonchev–Trinajstić information content (AvgIpc) is 3.63. The van der Waals surface area contributed by atoms with E-state index in [1.807, 2.05) is 17.8 Å². The van der Waals surface area contributed by atoms with Crippen LogP contribution in [0.5, 0.6) is 0 Å². The first-order chi connectivity index (χ1) is 15.8. The van der Waals surface area contributed by atoms with E-state index in [0.717, 1.165) is 17.1 Å². The smallest absolute Gasteiger partial charge is 0.254 e. The fraction of sp³-hybridized carbons (Fsp3) is 0.652. The molecule has 0 atom stereocenters. The van der Waals surface area contributed by atoms with Crippen LogP contribution in [0.4, 0.5) is 26.2 Å². The lowest BCUT2D eigenvalue weighted by atomic mass is 9.81. The number of aromatic nitrogens is 4. The van der Waals surface area contributed by atoms with E-state index in [1.165, 1.54) is 12.8 Å². The van der Waals surface area contributed by atoms with E-state index in [-0.39, 0.29) is 12.0 Å². The Labute approximate surface area is 191 Å². The van der Waals surface area contributed by atoms with Crippen molar-refractivity contribution in [2.24, 2.45) is 5.41 Å². The molecule has 33 heavy (non-hydrogen) atoms. The number of hydrogen-bond donors (Lipinski definition) is 1. The summed E-state index contributed by atoms with van der Waals surface area (Å²) >= 11 is 0. The first kappa shape index (κ1) is 20.8. The summed E-state index contributed by atoms with van der Waals surface area (Å²) in [6.07, 6.45) is 9.37. The normalized spacial score (nSPS) is 24.8. The molecule has 0 unspecified atom stereocenters. The fourth-order valence-corrected chi connectivity index (χ4v) is 5.60. The molecular formula is C23H28F2N8. The summed E-state index contributed by atoms with van der Waals surface area (Å²) in [6, 6.07) is 2.85. The third kappa shape index (κ3) is 3.44. The van der Waals surface area contributed by atoms with Crippen molar-refractivity contribution in [1.29, 1.82) is 5.26 Å². The van der Waals surface area contributed by atoms with E-state index in [0.29, 0.717) is 57.4 Å². The molecule has 2 aliphatic carbocycles. The first-order valence-electron chi connectivity index (χ1n) is 11.7. The zero-order valence-electron chi connectivity index (χ0n) is 18.8. The zero-order valence-corrected chi connectivity index (χ0v) is 18.8. The number of rotatable bonds is 6. The van der Waals surface area contributed by atoms with Crippen LogP contribution >= 0.6 is 0 Å². The van der Waals surface area contributed by atoms with Crippen LogP contribution in [0.25, 0.3) is 0 Å². The van der Waals surface area contributed by atoms with Gasteiger partial charge >= 0.3 is 0 Å². The van der Waals surface area contributed by atoms with Gasteiger partial charge in [0, 0.05) is 42.9 Å². The van der Waals surface area contributed by atoms with Gasteiger partial charge in [0.2, 0.25) is 5.95 Å². The number of likely N-dealkylation sites (tertiary alicyclic amines) is 1. The standard InChI is InChI=1S/C23H28F2N8/c1-16-10-27-20(29-17-11-28-33(12-17)18-2-3-18)30-19(16)31-14-22(15-31,4-7-26)32-8-5-21(6-9-32)13-23(21,24)25/h10-12,18H,2-6,8-9,13-15H2,1H3,(H,27,29,30). The number of piperidine rings is 1. The Bertz CT molecular complexity index is 1100. The molecule has 8 nitrogen and oxygen atoms in total. The molecule has 0 bridgehead atoms. The summed E-state index contributed by atoms with van der Waals surface area (Å²) in [5, 5.41) is 17.1. The predicted octanol–water partition coefficient (Wildman–Crippen LogP) is 3.65. The number of anilines is 3. The molecule has 0 amide bonds. The van der Waals surface area contributed by atoms with Crippen LogP contribution in [0.3, 0.4) is 0 Å². The molecular weight excluding hydrogens is 426 g/mol. The van der Waals surface area contributed by atoms with Crippen molar-refractivity contribution >= 4 is 17.5 Å². The number of nitriles is 1. The fourth-order valence-electron chi connectivity index (χ4n) is 5.60. The van der Waals surface area contributed by atoms with Gasteiger partial charge in [0.25, 0.3) is 5.92 Å². The second-order valence-electron chi connectivity index (χ2n) is 10.3. The number of alkyl halides is 2. The molecule has 2 saturated carbocycles. The van der Waals surface area contributed by atoms with Crippen molar-refractivity contribution in [3.63, 3.8) is 0 Å². The molecule has 6 rings (SSSR count). The van der Waals surface area contributed by atoms with Crippen molar-refractivity contribution in [3.05, 3.63) is 24.2 Å². The third-order valence-electron chi connectivity index (χ3n) is 8.00. The lowest BCUT2D eigenvalue weighted by molar-refractivity contribution is -0.0128. The maximum atomic E-state index is 13.8. The molecule has 1 N–H and O–H groups in total. The van der Waals surface area contributed by atoms with Gasteiger partial charge in [0.05, 0.1) is 36.0 Å². The quantitative estimate of drug-likeness (QED) is 0.713. The molecule has 2 aromatic heterocycles. The Morgan fingerprint density at radius 2 is 1.94 bits per heavy atom. The maximum absolute atomic E-state index is 13.8. The van der Waals surface area contributed by atoms with Gasteiger partial charge in [-0.25, -0.2) is 13.8 Å². The Balaban J connectivity index is 1.14. The Hall–Kier alpha value is -2.80. The van der Waals surface area contributed by atoms with Gasteiger partial charge in [-0.2, -0.15) is 15.3 Å². The molecule has 4 fully saturated rings. The lowest BCUT2D eigenvalue weighted by Gasteiger charge is -2.57. The summed E-state index contributed by atoms with van der Waals surface area (Å²) < 4.78 is 29.6. The maximum Gasteiger partial charge on any atom is 0.254 e. The summed E-state index contributed by atoms with van der Waals surface area (Å²) in [6.45, 7) is 4.58. The topological polar surface area (TPSA) is 85.9 Å². The second kappa shape index (κ2) is 7.10. The number of nitrogens with one attached hydrogen (secondary N) is 1. The van der Waals surface area contributed by atoms with Crippen molar-refractivity contribution in [2.75, 3.05) is 36.4 Å². The van der Waals surface area contributed by atoms with E-state index >= 15 is 0 Å². The van der Waals surface area contributed by atoms with Gasteiger partial charge < -0.3 is 10.2 Å². The van der Waals surface area contributed by atoms with Crippen LogP contribution in [0.1, 0.15) is 50.1 Å². The van der Waals surface area contributed by atoms with Crippen molar-refractivity contribution in [3.8, 4) is 6.07 Å². The summed E-state index contributed by atoms with van der Waals surface area (Å²) in [7, 11) is 0. The minimum absolute atomic E-state index is 0.0285. The number of aryl methyl sites for hydroxylation is 1. The van der Waals surface area contributed by atoms with Crippen LogP contribution in [-0.4, -0.2) is 62.3 Å². The van der Waals surface area contributed by atoms with Crippen LogP contribution in [0, 0.1) is 23.7 Å². The van der Waals surface area contributed by atoms with E-state index in [2.05, 4.69) is 31.3 Å². The molecule has 2 aromatic rings. The molecule has 4 aliphatic rings. The number of hydrogen-bond acceptors (Lipinski definition) is 7. The SMILES string of the molecule is Cc1cnc(Nc2cnn(C3CC3)c2)nc1N1CC(CC#N)(N2CCC3(CC2)CC3(F)F)C1. The molecule has 10 heteroatoms. The van der Waals surface area contributed by atoms with E-state index < -0.39 is 11.3 Å². The Morgan fingerprint density at radius 3 is 2.58 bits per heavy atom. The van der Waals surface area contributed by atoms with Gasteiger partial charge in [-0.15, -0.1) is 0 Å². The van der Waals surface area contributed by atoms with E-state index in [9.17, 15) is 14.0 Å². The molecule has 4 heterocycles. The van der Waals surface area contributed by atoms with E-state index in [4.69, 9.17) is 4.98 Å². The van der Waals surface area contributed by atoms with Gasteiger partial charge in [-0.05, 0) is 45.7 Å². The third-order valence-corrected chi connectivity index (χ3v) is 8.00. The molecule has 1 spiro atoms. The largest absolute Gasteiger partial charge is 0.352 e. The monoisotopic (exact) mass is 454 g/mol. The summed E-state index contributed by atoms with van der Waals surface area (Å²) in [5.74, 6) is -1.14. The molecule has 0 radical (unpaired) electrons. The summed E-state index contributed by atoms with van der Waals surface area (Å²) in [4.78, 5) is 13.6. The van der Waals surface area contributed by atoms with Crippen molar-refractivity contribution < 1.29 is 8.78 Å². The van der Waals surface area contributed by atoms with Crippen LogP contribution < -0.4 is 10.2 Å². The first-order valence-corrected chi connectivity index (χ1v) is 11.7. The molecule has 2 saturated heterocycles.